The number of nitrogens with one attached hydrogen (secondary N) is 1. The Morgan fingerprint density at radius 2 is 1.82 bits per heavy atom. The van der Waals surface area contributed by atoms with Crippen molar-refractivity contribution in [3.8, 4) is 17.1 Å². The summed E-state index contributed by atoms with van der Waals surface area (Å²) in [5, 5.41) is 12.5. The van der Waals surface area contributed by atoms with Gasteiger partial charge in [0.15, 0.2) is 11.0 Å². The molecule has 0 atom stereocenters. The lowest BCUT2D eigenvalue weighted by atomic mass is 10.2. The van der Waals surface area contributed by atoms with Crippen molar-refractivity contribution in [2.75, 3.05) is 30.8 Å². The lowest BCUT2D eigenvalue weighted by Crippen LogP contribution is -2.29. The maximum atomic E-state index is 12.5. The van der Waals surface area contributed by atoms with Crippen LogP contribution in [0.4, 0.5) is 5.69 Å². The zero-order valence-electron chi connectivity index (χ0n) is 19.4. The van der Waals surface area contributed by atoms with Gasteiger partial charge in [-0.2, -0.15) is 0 Å². The number of hydrogen-bond acceptors (Lipinski definition) is 6. The van der Waals surface area contributed by atoms with E-state index in [1.54, 1.807) is 12.4 Å². The summed E-state index contributed by atoms with van der Waals surface area (Å²) >= 11 is 1.38. The first-order valence-electron chi connectivity index (χ1n) is 11.2. The number of pyridine rings is 1. The van der Waals surface area contributed by atoms with E-state index in [1.807, 2.05) is 53.1 Å². The Bertz CT molecular complexity index is 1210. The van der Waals surface area contributed by atoms with E-state index in [0.717, 1.165) is 29.8 Å². The Morgan fingerprint density at radius 3 is 2.59 bits per heavy atom. The molecule has 7 nitrogen and oxygen atoms in total. The minimum absolute atomic E-state index is 0.0189. The van der Waals surface area contributed by atoms with Crippen LogP contribution in [0.5, 0.6) is 0 Å². The van der Waals surface area contributed by atoms with Gasteiger partial charge in [0.25, 0.3) is 0 Å². The highest BCUT2D eigenvalue weighted by Gasteiger charge is 2.18. The van der Waals surface area contributed by atoms with Crippen LogP contribution in [0.3, 0.4) is 0 Å². The molecule has 1 amide bonds. The summed E-state index contributed by atoms with van der Waals surface area (Å²) < 4.78 is 2.00. The zero-order chi connectivity index (χ0) is 23.8. The maximum Gasteiger partial charge on any atom is 0.230 e. The number of anilines is 1. The van der Waals surface area contributed by atoms with Crippen molar-refractivity contribution in [3.63, 3.8) is 0 Å². The summed E-state index contributed by atoms with van der Waals surface area (Å²) in [5.74, 6) is 0.954. The van der Waals surface area contributed by atoms with Crippen LogP contribution in [0.2, 0.25) is 0 Å². The lowest BCUT2D eigenvalue weighted by Gasteiger charge is -2.19. The van der Waals surface area contributed by atoms with Crippen LogP contribution in [0.1, 0.15) is 12.0 Å². The molecule has 2 aromatic heterocycles. The predicted molar refractivity (Wildman–Crippen MR) is 137 cm³/mol. The van der Waals surface area contributed by atoms with Crippen molar-refractivity contribution in [3.05, 3.63) is 84.7 Å². The molecule has 0 spiro atoms. The molecule has 8 heteroatoms. The number of aryl methyl sites for hydroxylation is 1. The number of nitrogens with zero attached hydrogens (tertiary/aromatic N) is 5. The first-order valence-corrected chi connectivity index (χ1v) is 12.2. The number of rotatable bonds is 10. The average molecular weight is 473 g/mol. The molecule has 0 aliphatic heterocycles. The second-order valence-electron chi connectivity index (χ2n) is 7.92. The van der Waals surface area contributed by atoms with Gasteiger partial charge in [0.05, 0.1) is 11.4 Å². The van der Waals surface area contributed by atoms with E-state index >= 15 is 0 Å². The van der Waals surface area contributed by atoms with E-state index < -0.39 is 0 Å². The molecule has 0 bridgehead atoms. The minimum atomic E-state index is -0.0189. The van der Waals surface area contributed by atoms with Crippen molar-refractivity contribution >= 4 is 23.4 Å². The van der Waals surface area contributed by atoms with Gasteiger partial charge in [0, 0.05) is 43.8 Å². The van der Waals surface area contributed by atoms with Gasteiger partial charge < -0.3 is 10.2 Å². The molecule has 0 radical (unpaired) electrons. The van der Waals surface area contributed by atoms with Crippen molar-refractivity contribution in [1.29, 1.82) is 0 Å². The summed E-state index contributed by atoms with van der Waals surface area (Å²) in [5.41, 5.74) is 4.13. The Labute approximate surface area is 204 Å². The lowest BCUT2D eigenvalue weighted by molar-refractivity contribution is -0.118. The molecule has 0 saturated carbocycles. The zero-order valence-corrected chi connectivity index (χ0v) is 20.2. The van der Waals surface area contributed by atoms with E-state index in [0.29, 0.717) is 17.5 Å². The molecule has 4 aromatic rings. The van der Waals surface area contributed by atoms with Crippen LogP contribution < -0.4 is 10.2 Å². The third-order valence-electron chi connectivity index (χ3n) is 5.43. The van der Waals surface area contributed by atoms with Crippen molar-refractivity contribution in [1.82, 2.24) is 25.1 Å². The van der Waals surface area contributed by atoms with Gasteiger partial charge in [-0.15, -0.1) is 10.2 Å². The van der Waals surface area contributed by atoms with Crippen molar-refractivity contribution in [2.45, 2.75) is 18.5 Å². The molecule has 0 saturated heterocycles. The Kier molecular flexibility index (Phi) is 7.93. The molecular formula is C26H28N6OS. The largest absolute Gasteiger partial charge is 0.375 e. The molecule has 1 N–H and O–H groups in total. The molecule has 4 rings (SSSR count). The molecule has 0 fully saturated rings. The summed E-state index contributed by atoms with van der Waals surface area (Å²) in [6.45, 7) is 3.55. The van der Waals surface area contributed by atoms with Crippen molar-refractivity contribution < 1.29 is 4.79 Å². The number of benzene rings is 2. The average Bonchev–Trinajstić information content (AvgIpc) is 3.30. The Hall–Kier alpha value is -3.65. The summed E-state index contributed by atoms with van der Waals surface area (Å²) in [6, 6.07) is 22.1. The van der Waals surface area contributed by atoms with Crippen molar-refractivity contribution in [2.24, 2.45) is 0 Å². The molecule has 0 aliphatic rings. The second kappa shape index (κ2) is 11.5. The highest BCUT2D eigenvalue weighted by molar-refractivity contribution is 7.99. The Morgan fingerprint density at radius 1 is 1.03 bits per heavy atom. The maximum absolute atomic E-state index is 12.5. The molecule has 2 heterocycles. The molecule has 2 aromatic carbocycles. The number of hydrogen-bond donors (Lipinski definition) is 1. The second-order valence-corrected chi connectivity index (χ2v) is 8.86. The highest BCUT2D eigenvalue weighted by Crippen LogP contribution is 2.29. The first kappa shape index (κ1) is 23.5. The van der Waals surface area contributed by atoms with Gasteiger partial charge in [-0.25, -0.2) is 0 Å². The highest BCUT2D eigenvalue weighted by atomic mass is 32.2. The smallest absolute Gasteiger partial charge is 0.230 e. The van der Waals surface area contributed by atoms with Crippen LogP contribution >= 0.6 is 11.8 Å². The normalized spacial score (nSPS) is 10.8. The van der Waals surface area contributed by atoms with E-state index in [-0.39, 0.29) is 11.7 Å². The monoisotopic (exact) mass is 472 g/mol. The van der Waals surface area contributed by atoms with Gasteiger partial charge >= 0.3 is 0 Å². The summed E-state index contributed by atoms with van der Waals surface area (Å²) in [6.07, 6.45) is 4.37. The molecular weight excluding hydrogens is 444 g/mol. The minimum Gasteiger partial charge on any atom is -0.375 e. The summed E-state index contributed by atoms with van der Waals surface area (Å²) in [7, 11) is 2.06. The number of carbonyl (C=O) groups is 1. The van der Waals surface area contributed by atoms with Crippen LogP contribution in [-0.2, 0) is 4.79 Å². The summed E-state index contributed by atoms with van der Waals surface area (Å²) in [4.78, 5) is 18.9. The number of thioether (sulfide) groups is 1. The van der Waals surface area contributed by atoms with Crippen LogP contribution in [0.25, 0.3) is 17.1 Å². The van der Waals surface area contributed by atoms with Gasteiger partial charge in [-0.05, 0) is 49.2 Å². The quantitative estimate of drug-likeness (QED) is 0.273. The molecule has 0 aliphatic carbocycles. The standard InChI is InChI=1S/C26H28N6OS/c1-20-10-6-7-14-23(20)32-25(21-11-8-15-27-18-21)29-30-26(32)34-19-24(33)28-16-9-17-31(2)22-12-4-3-5-13-22/h3-8,10-15,18H,9,16-17,19H2,1-2H3,(H,28,33). The number of amides is 1. The van der Waals surface area contributed by atoms with E-state index in [1.165, 1.54) is 17.4 Å². The van der Waals surface area contributed by atoms with Gasteiger partial charge in [0.1, 0.15) is 0 Å². The Balaban J connectivity index is 1.38. The molecule has 34 heavy (non-hydrogen) atoms. The topological polar surface area (TPSA) is 75.9 Å². The van der Waals surface area contributed by atoms with E-state index in [4.69, 9.17) is 0 Å². The van der Waals surface area contributed by atoms with Gasteiger partial charge in [-0.3, -0.25) is 14.3 Å². The first-order chi connectivity index (χ1) is 16.6. The molecule has 174 valence electrons. The third-order valence-corrected chi connectivity index (χ3v) is 6.36. The third kappa shape index (κ3) is 5.82. The fraction of sp³-hybridized carbons (Fsp3) is 0.231. The van der Waals surface area contributed by atoms with E-state index in [2.05, 4.69) is 57.6 Å². The number of para-hydroxylation sites is 2. The van der Waals surface area contributed by atoms with Gasteiger partial charge in [0.2, 0.25) is 5.91 Å². The fourth-order valence-electron chi connectivity index (χ4n) is 3.61. The fourth-order valence-corrected chi connectivity index (χ4v) is 4.39. The number of aromatic nitrogens is 4. The van der Waals surface area contributed by atoms with Crippen LogP contribution in [0, 0.1) is 6.92 Å². The molecule has 0 unspecified atom stereocenters. The SMILES string of the molecule is Cc1ccccc1-n1c(SCC(=O)NCCCN(C)c2ccccc2)nnc1-c1cccnc1. The predicted octanol–water partition coefficient (Wildman–Crippen LogP) is 4.37. The van der Waals surface area contributed by atoms with E-state index in [9.17, 15) is 4.79 Å². The van der Waals surface area contributed by atoms with Crippen LogP contribution in [0.15, 0.2) is 84.3 Å². The number of carbonyl (C=O) groups excluding carboxylic acids is 1. The van der Waals surface area contributed by atoms with Crippen LogP contribution in [-0.4, -0.2) is 51.5 Å². The van der Waals surface area contributed by atoms with Gasteiger partial charge in [-0.1, -0.05) is 48.2 Å².